The van der Waals surface area contributed by atoms with Gasteiger partial charge in [-0.25, -0.2) is 19.2 Å². The van der Waals surface area contributed by atoms with Gasteiger partial charge < -0.3 is 18.9 Å². The van der Waals surface area contributed by atoms with Gasteiger partial charge in [-0.2, -0.15) is 0 Å². The maximum atomic E-state index is 12.9. The maximum absolute atomic E-state index is 12.9. The first-order valence-corrected chi connectivity index (χ1v) is 18.1. The Labute approximate surface area is 313 Å². The molecule has 0 unspecified atom stereocenters. The van der Waals surface area contributed by atoms with Crippen molar-refractivity contribution in [2.45, 2.75) is 105 Å². The van der Waals surface area contributed by atoms with Crippen molar-refractivity contribution in [1.29, 1.82) is 0 Å². The lowest BCUT2D eigenvalue weighted by Gasteiger charge is -2.35. The largest absolute Gasteiger partial charge is 0.457 e. The van der Waals surface area contributed by atoms with Crippen LogP contribution < -0.4 is 0 Å². The molecule has 1 saturated heterocycles. The van der Waals surface area contributed by atoms with E-state index in [-0.39, 0.29) is 26.2 Å². The van der Waals surface area contributed by atoms with Gasteiger partial charge >= 0.3 is 23.9 Å². The number of hydrogen-bond acceptors (Lipinski definition) is 12. The van der Waals surface area contributed by atoms with Crippen LogP contribution in [0.4, 0.5) is 0 Å². The Morgan fingerprint density at radius 1 is 0.365 bits per heavy atom. The number of carbonyl (C=O) groups is 4. The van der Waals surface area contributed by atoms with Crippen LogP contribution in [0.3, 0.4) is 0 Å². The Hall–Kier alpha value is -3.32. The summed E-state index contributed by atoms with van der Waals surface area (Å²) in [4.78, 5) is 60.1. The van der Waals surface area contributed by atoms with Crippen molar-refractivity contribution in [1.82, 2.24) is 19.6 Å². The molecular formula is C40H68N4O8. The van der Waals surface area contributed by atoms with E-state index in [1.165, 1.54) is 0 Å². The molecule has 0 N–H and O–H groups in total. The third-order valence-corrected chi connectivity index (χ3v) is 7.34. The first kappa shape index (κ1) is 46.7. The van der Waals surface area contributed by atoms with E-state index in [1.807, 2.05) is 83.1 Å². The van der Waals surface area contributed by atoms with Crippen LogP contribution in [0.5, 0.6) is 0 Å². The predicted octanol–water partition coefficient (Wildman–Crippen LogP) is 4.80. The molecule has 0 amide bonds. The van der Waals surface area contributed by atoms with E-state index in [9.17, 15) is 19.2 Å². The second-order valence-electron chi connectivity index (χ2n) is 17.5. The van der Waals surface area contributed by atoms with Crippen LogP contribution in [0.2, 0.25) is 0 Å². The van der Waals surface area contributed by atoms with Gasteiger partial charge in [-0.05, 0) is 83.1 Å². The average molecular weight is 733 g/mol. The highest BCUT2D eigenvalue weighted by Gasteiger charge is 2.27. The lowest BCUT2D eigenvalue weighted by atomic mass is 10.1. The molecule has 1 aliphatic rings. The topological polar surface area (TPSA) is 118 Å². The van der Waals surface area contributed by atoms with E-state index in [0.717, 1.165) is 0 Å². The van der Waals surface area contributed by atoms with Gasteiger partial charge in [-0.1, -0.05) is 26.3 Å². The van der Waals surface area contributed by atoms with E-state index >= 15 is 0 Å². The van der Waals surface area contributed by atoms with Crippen molar-refractivity contribution in [2.75, 3.05) is 78.5 Å². The molecule has 1 aliphatic heterocycles. The summed E-state index contributed by atoms with van der Waals surface area (Å²) in [7, 11) is 0. The van der Waals surface area contributed by atoms with Gasteiger partial charge in [0.2, 0.25) is 0 Å². The Balaban J connectivity index is 3.43. The molecule has 12 nitrogen and oxygen atoms in total. The predicted molar refractivity (Wildman–Crippen MR) is 206 cm³/mol. The van der Waals surface area contributed by atoms with Crippen molar-refractivity contribution >= 4 is 23.9 Å². The number of ether oxygens (including phenoxy) is 4. The fourth-order valence-electron chi connectivity index (χ4n) is 4.95. The molecule has 1 fully saturated rings. The molecule has 0 spiro atoms. The molecule has 12 heteroatoms. The van der Waals surface area contributed by atoms with Gasteiger partial charge in [-0.15, -0.1) is 0 Å². The number of esters is 4. The summed E-state index contributed by atoms with van der Waals surface area (Å²) in [6.45, 7) is 43.1. The van der Waals surface area contributed by atoms with Gasteiger partial charge in [0, 0.05) is 101 Å². The van der Waals surface area contributed by atoms with Crippen LogP contribution in [0, 0.1) is 0 Å². The lowest BCUT2D eigenvalue weighted by Crippen LogP contribution is -2.48. The average Bonchev–Trinajstić information content (AvgIpc) is 2.94. The van der Waals surface area contributed by atoms with Crippen molar-refractivity contribution in [3.8, 4) is 0 Å². The van der Waals surface area contributed by atoms with E-state index in [2.05, 4.69) is 45.9 Å². The van der Waals surface area contributed by atoms with Crippen LogP contribution in [0.1, 0.15) is 83.1 Å². The van der Waals surface area contributed by atoms with Crippen molar-refractivity contribution < 1.29 is 38.1 Å². The summed E-state index contributed by atoms with van der Waals surface area (Å²) in [5.41, 5.74) is -1.38. The van der Waals surface area contributed by atoms with Crippen LogP contribution in [0.15, 0.2) is 48.6 Å². The van der Waals surface area contributed by atoms with Crippen molar-refractivity contribution in [2.24, 2.45) is 0 Å². The van der Waals surface area contributed by atoms with Crippen molar-refractivity contribution in [3.05, 3.63) is 48.6 Å². The fourth-order valence-corrected chi connectivity index (χ4v) is 4.95. The monoisotopic (exact) mass is 733 g/mol. The minimum absolute atomic E-state index is 0.262. The second-order valence-corrected chi connectivity index (χ2v) is 17.5. The van der Waals surface area contributed by atoms with Crippen molar-refractivity contribution in [3.63, 3.8) is 0 Å². The normalized spacial score (nSPS) is 16.8. The molecule has 0 saturated carbocycles. The van der Waals surface area contributed by atoms with Gasteiger partial charge in [0.15, 0.2) is 0 Å². The molecule has 296 valence electrons. The van der Waals surface area contributed by atoms with Gasteiger partial charge in [0.1, 0.15) is 22.4 Å². The zero-order chi connectivity index (χ0) is 40.2. The van der Waals surface area contributed by atoms with Crippen LogP contribution in [0.25, 0.3) is 0 Å². The molecule has 0 radical (unpaired) electrons. The Morgan fingerprint density at radius 3 is 0.615 bits per heavy atom. The standard InChI is InChI=1S/C40H68N4O8/c1-29(33(45)49-37(5,6)7)25-41-17-19-42(26-30(2)34(46)50-38(8,9)10)21-23-44(28-32(4)36(48)52-40(14,15)16)24-22-43(20-18-41)27-31(3)35(47)51-39(11,12)13/h1-4,17-28H2,5-16H3. The second kappa shape index (κ2) is 19.7. The summed E-state index contributed by atoms with van der Waals surface area (Å²) in [5.74, 6) is -1.87. The highest BCUT2D eigenvalue weighted by atomic mass is 16.6. The number of nitrogens with zero attached hydrogens (tertiary/aromatic N) is 4. The highest BCUT2D eigenvalue weighted by molar-refractivity contribution is 5.89. The first-order chi connectivity index (χ1) is 23.5. The smallest absolute Gasteiger partial charge is 0.335 e. The molecule has 52 heavy (non-hydrogen) atoms. The summed E-state index contributed by atoms with van der Waals surface area (Å²) >= 11 is 0. The zero-order valence-electron chi connectivity index (χ0n) is 34.4. The minimum Gasteiger partial charge on any atom is -0.457 e. The molecular weight excluding hydrogens is 664 g/mol. The van der Waals surface area contributed by atoms with Gasteiger partial charge in [-0.3, -0.25) is 19.6 Å². The van der Waals surface area contributed by atoms with Crippen LogP contribution in [-0.2, 0) is 38.1 Å². The van der Waals surface area contributed by atoms with E-state index in [0.29, 0.717) is 74.7 Å². The number of rotatable bonds is 12. The Morgan fingerprint density at radius 2 is 0.500 bits per heavy atom. The van der Waals surface area contributed by atoms with Crippen LogP contribution >= 0.6 is 0 Å². The summed E-state index contributed by atoms with van der Waals surface area (Å²) < 4.78 is 22.3. The first-order valence-electron chi connectivity index (χ1n) is 18.1. The Bertz CT molecular complexity index is 1090. The number of hydrogen-bond donors (Lipinski definition) is 0. The summed E-state index contributed by atoms with van der Waals surface area (Å²) in [6, 6.07) is 0. The minimum atomic E-state index is -0.667. The molecule has 1 rings (SSSR count). The van der Waals surface area contributed by atoms with E-state index < -0.39 is 46.3 Å². The third-order valence-electron chi connectivity index (χ3n) is 7.34. The lowest BCUT2D eigenvalue weighted by molar-refractivity contribution is -0.151. The Kier molecular flexibility index (Phi) is 17.7. The maximum Gasteiger partial charge on any atom is 0.335 e. The van der Waals surface area contributed by atoms with Gasteiger partial charge in [0.05, 0.1) is 0 Å². The molecule has 0 aliphatic carbocycles. The zero-order valence-corrected chi connectivity index (χ0v) is 34.4. The molecule has 0 bridgehead atoms. The van der Waals surface area contributed by atoms with Gasteiger partial charge in [0.25, 0.3) is 0 Å². The number of carbonyl (C=O) groups excluding carboxylic acids is 4. The molecule has 0 aromatic carbocycles. The van der Waals surface area contributed by atoms with E-state index in [1.54, 1.807) is 0 Å². The van der Waals surface area contributed by atoms with Crippen LogP contribution in [-0.4, -0.2) is 144 Å². The SMILES string of the molecule is C=C(CN1CCN(CC(=C)C(=O)OC(C)(C)C)CCN(CC(=C)C(=O)OC(C)(C)C)CCN(CC(=C)C(=O)OC(C)(C)C)CC1)C(=O)OC(C)(C)C. The molecule has 1 heterocycles. The summed E-state index contributed by atoms with van der Waals surface area (Å²) in [6.07, 6.45) is 0. The quantitative estimate of drug-likeness (QED) is 0.156. The summed E-state index contributed by atoms with van der Waals surface area (Å²) in [5, 5.41) is 0. The third kappa shape index (κ3) is 20.7. The van der Waals surface area contributed by atoms with E-state index in [4.69, 9.17) is 18.9 Å². The molecule has 0 aromatic heterocycles. The fraction of sp³-hybridized carbons (Fsp3) is 0.700. The highest BCUT2D eigenvalue weighted by Crippen LogP contribution is 2.16. The molecule has 0 atom stereocenters. The molecule has 0 aromatic rings.